The van der Waals surface area contributed by atoms with Crippen molar-refractivity contribution < 1.29 is 14.7 Å². The van der Waals surface area contributed by atoms with Gasteiger partial charge < -0.3 is 15.3 Å². The molecule has 0 unspecified atom stereocenters. The van der Waals surface area contributed by atoms with Crippen molar-refractivity contribution in [1.29, 1.82) is 0 Å². The maximum Gasteiger partial charge on any atom is 0.248 e. The van der Waals surface area contributed by atoms with Gasteiger partial charge in [-0.1, -0.05) is 38.1 Å². The molecular formula is C24H29N5O3S. The summed E-state index contributed by atoms with van der Waals surface area (Å²) in [6.07, 6.45) is 2.89. The number of likely N-dealkylation sites (tertiary alicyclic amines) is 1. The Labute approximate surface area is 197 Å². The van der Waals surface area contributed by atoms with Gasteiger partial charge in [-0.2, -0.15) is 5.10 Å². The number of aliphatic hydroxyl groups is 1. The third-order valence-corrected chi connectivity index (χ3v) is 6.97. The van der Waals surface area contributed by atoms with Crippen LogP contribution in [0.2, 0.25) is 0 Å². The van der Waals surface area contributed by atoms with E-state index in [0.717, 1.165) is 21.7 Å². The molecule has 3 atom stereocenters. The number of amides is 2. The number of aliphatic hydroxyl groups excluding tert-OH is 1. The van der Waals surface area contributed by atoms with E-state index < -0.39 is 18.2 Å². The number of nitrogens with one attached hydrogen (secondary N) is 1. The predicted octanol–water partition coefficient (Wildman–Crippen LogP) is 2.79. The van der Waals surface area contributed by atoms with Crippen LogP contribution in [0.15, 0.2) is 48.2 Å². The molecule has 2 amide bonds. The fourth-order valence-corrected chi connectivity index (χ4v) is 5.10. The molecule has 4 rings (SSSR count). The molecule has 2 N–H and O–H groups in total. The molecule has 9 heteroatoms. The molecule has 3 heterocycles. The van der Waals surface area contributed by atoms with Gasteiger partial charge >= 0.3 is 0 Å². The van der Waals surface area contributed by atoms with E-state index >= 15 is 0 Å². The molecule has 1 aliphatic rings. The average molecular weight is 468 g/mol. The monoisotopic (exact) mass is 467 g/mol. The van der Waals surface area contributed by atoms with E-state index in [1.165, 1.54) is 4.90 Å². The summed E-state index contributed by atoms with van der Waals surface area (Å²) in [5.74, 6) is -0.473. The van der Waals surface area contributed by atoms with E-state index in [4.69, 9.17) is 0 Å². The number of aryl methyl sites for hydroxylation is 1. The van der Waals surface area contributed by atoms with Gasteiger partial charge in [-0.15, -0.1) is 11.3 Å². The van der Waals surface area contributed by atoms with E-state index in [9.17, 15) is 14.7 Å². The Balaban J connectivity index is 1.42. The van der Waals surface area contributed by atoms with Crippen molar-refractivity contribution >= 4 is 23.2 Å². The minimum atomic E-state index is -0.725. The summed E-state index contributed by atoms with van der Waals surface area (Å²) in [5, 5.41) is 17.4. The highest BCUT2D eigenvalue weighted by Gasteiger charge is 2.42. The highest BCUT2D eigenvalue weighted by molar-refractivity contribution is 7.13. The van der Waals surface area contributed by atoms with Crippen LogP contribution in [0.25, 0.3) is 10.4 Å². The average Bonchev–Trinajstić information content (AvgIpc) is 3.54. The SMILES string of the molecule is Cc1ncsc1-c1ccc(CNC(=O)[C@@H]2C[C@@H](O)CN2C(=O)[C@H](C(C)C)n2cccn2)cc1. The Morgan fingerprint density at radius 2 is 2.03 bits per heavy atom. The van der Waals surface area contributed by atoms with Gasteiger partial charge in [0.1, 0.15) is 12.1 Å². The van der Waals surface area contributed by atoms with Crippen LogP contribution in [0.1, 0.15) is 37.6 Å². The van der Waals surface area contributed by atoms with Crippen LogP contribution in [0.4, 0.5) is 0 Å². The highest BCUT2D eigenvalue weighted by atomic mass is 32.1. The summed E-state index contributed by atoms with van der Waals surface area (Å²) in [7, 11) is 0. The van der Waals surface area contributed by atoms with E-state index in [1.54, 1.807) is 34.5 Å². The zero-order valence-corrected chi connectivity index (χ0v) is 19.8. The minimum absolute atomic E-state index is 0.0143. The van der Waals surface area contributed by atoms with E-state index in [2.05, 4.69) is 15.4 Å². The largest absolute Gasteiger partial charge is 0.391 e. The summed E-state index contributed by atoms with van der Waals surface area (Å²) >= 11 is 1.60. The number of rotatable bonds is 7. The number of aromatic nitrogens is 3. The zero-order valence-electron chi connectivity index (χ0n) is 19.0. The number of thiazole rings is 1. The second kappa shape index (κ2) is 9.84. The van der Waals surface area contributed by atoms with Gasteiger partial charge in [-0.05, 0) is 30.0 Å². The standard InChI is InChI=1S/C24H29N5O3S/c1-15(2)21(29-10-4-9-27-29)24(32)28-13-19(30)11-20(28)23(31)25-12-17-5-7-18(8-6-17)22-16(3)26-14-33-22/h4-10,14-15,19-21,30H,11-13H2,1-3H3,(H,25,31)/t19-,20+,21+/m1/s1. The molecular weight excluding hydrogens is 438 g/mol. The van der Waals surface area contributed by atoms with Crippen molar-refractivity contribution in [2.75, 3.05) is 6.54 Å². The van der Waals surface area contributed by atoms with Crippen LogP contribution in [0.5, 0.6) is 0 Å². The molecule has 3 aromatic rings. The first-order valence-corrected chi connectivity index (χ1v) is 12.0. The van der Waals surface area contributed by atoms with Gasteiger partial charge in [-0.25, -0.2) is 4.98 Å². The van der Waals surface area contributed by atoms with Crippen LogP contribution in [0, 0.1) is 12.8 Å². The lowest BCUT2D eigenvalue weighted by Crippen LogP contribution is -2.49. The Morgan fingerprint density at radius 3 is 2.64 bits per heavy atom. The fraction of sp³-hybridized carbons (Fsp3) is 0.417. The molecule has 1 aliphatic heterocycles. The lowest BCUT2D eigenvalue weighted by molar-refractivity contribution is -0.142. The lowest BCUT2D eigenvalue weighted by atomic mass is 10.0. The molecule has 1 fully saturated rings. The first-order chi connectivity index (χ1) is 15.8. The molecule has 1 aromatic carbocycles. The maximum atomic E-state index is 13.4. The topological polar surface area (TPSA) is 100 Å². The Hall–Kier alpha value is -3.04. The molecule has 33 heavy (non-hydrogen) atoms. The highest BCUT2D eigenvalue weighted by Crippen LogP contribution is 2.28. The molecule has 2 aromatic heterocycles. The summed E-state index contributed by atoms with van der Waals surface area (Å²) in [6.45, 7) is 6.37. The van der Waals surface area contributed by atoms with Crippen molar-refractivity contribution in [2.24, 2.45) is 5.92 Å². The van der Waals surface area contributed by atoms with Crippen LogP contribution in [-0.4, -0.2) is 55.3 Å². The Morgan fingerprint density at radius 1 is 1.27 bits per heavy atom. The van der Waals surface area contributed by atoms with Crippen molar-refractivity contribution in [3.05, 3.63) is 59.5 Å². The number of hydrogen-bond donors (Lipinski definition) is 2. The van der Waals surface area contributed by atoms with Crippen LogP contribution < -0.4 is 5.32 Å². The third-order valence-electron chi connectivity index (χ3n) is 5.99. The van der Waals surface area contributed by atoms with Crippen molar-refractivity contribution in [1.82, 2.24) is 25.0 Å². The number of benzene rings is 1. The lowest BCUT2D eigenvalue weighted by Gasteiger charge is -2.30. The first kappa shape index (κ1) is 23.1. The summed E-state index contributed by atoms with van der Waals surface area (Å²) in [5.41, 5.74) is 4.89. The summed E-state index contributed by atoms with van der Waals surface area (Å²) in [4.78, 5) is 33.3. The maximum absolute atomic E-state index is 13.4. The molecule has 0 spiro atoms. The molecule has 0 aliphatic carbocycles. The van der Waals surface area contributed by atoms with Gasteiger partial charge in [0, 0.05) is 31.9 Å². The van der Waals surface area contributed by atoms with Gasteiger partial charge in [-0.3, -0.25) is 14.3 Å². The number of nitrogens with zero attached hydrogens (tertiary/aromatic N) is 4. The van der Waals surface area contributed by atoms with Gasteiger partial charge in [0.2, 0.25) is 11.8 Å². The van der Waals surface area contributed by atoms with E-state index in [1.807, 2.05) is 50.5 Å². The summed E-state index contributed by atoms with van der Waals surface area (Å²) < 4.78 is 1.62. The molecule has 0 radical (unpaired) electrons. The van der Waals surface area contributed by atoms with Crippen molar-refractivity contribution in [3.8, 4) is 10.4 Å². The molecule has 0 bridgehead atoms. The van der Waals surface area contributed by atoms with Gasteiger partial charge in [0.25, 0.3) is 0 Å². The van der Waals surface area contributed by atoms with E-state index in [-0.39, 0.29) is 30.7 Å². The first-order valence-electron chi connectivity index (χ1n) is 11.1. The predicted molar refractivity (Wildman–Crippen MR) is 126 cm³/mol. The molecule has 1 saturated heterocycles. The van der Waals surface area contributed by atoms with Crippen molar-refractivity contribution in [3.63, 3.8) is 0 Å². The third kappa shape index (κ3) is 4.99. The smallest absolute Gasteiger partial charge is 0.248 e. The van der Waals surface area contributed by atoms with Crippen LogP contribution in [-0.2, 0) is 16.1 Å². The zero-order chi connectivity index (χ0) is 23.5. The minimum Gasteiger partial charge on any atom is -0.391 e. The van der Waals surface area contributed by atoms with Crippen molar-refractivity contribution in [2.45, 2.75) is 51.9 Å². The summed E-state index contributed by atoms with van der Waals surface area (Å²) in [6, 6.07) is 8.55. The molecule has 174 valence electrons. The van der Waals surface area contributed by atoms with Crippen LogP contribution >= 0.6 is 11.3 Å². The quantitative estimate of drug-likeness (QED) is 0.557. The number of hydrogen-bond acceptors (Lipinski definition) is 6. The fourth-order valence-electron chi connectivity index (χ4n) is 4.28. The molecule has 8 nitrogen and oxygen atoms in total. The van der Waals surface area contributed by atoms with E-state index in [0.29, 0.717) is 6.54 Å². The van der Waals surface area contributed by atoms with Gasteiger partial charge in [0.05, 0.1) is 22.2 Å². The number of carbonyl (C=O) groups excluding carboxylic acids is 2. The molecule has 0 saturated carbocycles. The Bertz CT molecular complexity index is 1090. The number of β-amino-alcohol motifs (C(OH)–C–C–N with tert-alkyl or cyclic N) is 1. The normalized spacial score (nSPS) is 19.1. The second-order valence-electron chi connectivity index (χ2n) is 8.75. The van der Waals surface area contributed by atoms with Crippen LogP contribution in [0.3, 0.4) is 0 Å². The second-order valence-corrected chi connectivity index (χ2v) is 9.61. The number of carbonyl (C=O) groups is 2. The Kier molecular flexibility index (Phi) is 6.90. The van der Waals surface area contributed by atoms with Gasteiger partial charge in [0.15, 0.2) is 0 Å².